The lowest BCUT2D eigenvalue weighted by atomic mass is 9.97. The molecule has 1 N–H and O–H groups in total. The number of benzene rings is 1. The zero-order chi connectivity index (χ0) is 12.0. The quantitative estimate of drug-likeness (QED) is 0.796. The fourth-order valence-electron chi connectivity index (χ4n) is 1.70. The van der Waals surface area contributed by atoms with Gasteiger partial charge >= 0.3 is 0 Å². The Labute approximate surface area is 99.0 Å². The van der Waals surface area contributed by atoms with Gasteiger partial charge in [-0.15, -0.1) is 0 Å². The van der Waals surface area contributed by atoms with Gasteiger partial charge in [-0.05, 0) is 36.6 Å². The molecule has 0 fully saturated rings. The Bertz CT molecular complexity index is 309. The van der Waals surface area contributed by atoms with Gasteiger partial charge < -0.3 is 10.1 Å². The molecule has 16 heavy (non-hydrogen) atoms. The van der Waals surface area contributed by atoms with Crippen molar-refractivity contribution in [2.45, 2.75) is 39.2 Å². The van der Waals surface area contributed by atoms with Crippen molar-refractivity contribution in [1.29, 1.82) is 0 Å². The zero-order valence-electron chi connectivity index (χ0n) is 10.8. The molecule has 0 aliphatic carbocycles. The molecular weight excluding hydrogens is 198 g/mol. The van der Waals surface area contributed by atoms with Gasteiger partial charge in [-0.1, -0.05) is 32.9 Å². The van der Waals surface area contributed by atoms with Crippen LogP contribution in [0.2, 0.25) is 0 Å². The van der Waals surface area contributed by atoms with Crippen LogP contribution < -0.4 is 10.1 Å². The molecule has 0 aromatic heterocycles. The maximum absolute atomic E-state index is 5.23. The van der Waals surface area contributed by atoms with E-state index in [1.165, 1.54) is 5.56 Å². The van der Waals surface area contributed by atoms with Crippen molar-refractivity contribution < 1.29 is 4.74 Å². The van der Waals surface area contributed by atoms with E-state index in [2.05, 4.69) is 44.3 Å². The fraction of sp³-hybridized carbons (Fsp3) is 0.571. The minimum absolute atomic E-state index is 0.567. The number of rotatable bonds is 6. The smallest absolute Gasteiger partial charge is 0.119 e. The third kappa shape index (κ3) is 4.23. The Hall–Kier alpha value is -1.02. The van der Waals surface area contributed by atoms with Crippen LogP contribution in [0.5, 0.6) is 5.75 Å². The van der Waals surface area contributed by atoms with Crippen LogP contribution in [-0.2, 0) is 0 Å². The normalized spacial score (nSPS) is 12.8. The summed E-state index contributed by atoms with van der Waals surface area (Å²) in [5, 5.41) is 3.44. The second kappa shape index (κ2) is 6.54. The highest BCUT2D eigenvalue weighted by Gasteiger charge is 2.06. The molecule has 1 atom stereocenters. The summed E-state index contributed by atoms with van der Waals surface area (Å²) in [4.78, 5) is 0. The molecule has 0 amide bonds. The molecule has 0 aliphatic heterocycles. The van der Waals surface area contributed by atoms with Crippen LogP contribution in [0.4, 0.5) is 0 Å². The minimum Gasteiger partial charge on any atom is -0.497 e. The highest BCUT2D eigenvalue weighted by molar-refractivity contribution is 5.30. The molecule has 2 heteroatoms. The number of ether oxygens (including phenoxy) is 1. The number of methoxy groups -OCH3 is 1. The summed E-state index contributed by atoms with van der Waals surface area (Å²) in [6.45, 7) is 7.68. The van der Waals surface area contributed by atoms with Gasteiger partial charge in [0.15, 0.2) is 0 Å². The van der Waals surface area contributed by atoms with Crippen LogP contribution in [0, 0.1) is 0 Å². The van der Waals surface area contributed by atoms with Crippen molar-refractivity contribution in [2.75, 3.05) is 13.7 Å². The highest BCUT2D eigenvalue weighted by atomic mass is 16.5. The van der Waals surface area contributed by atoms with Gasteiger partial charge in [-0.2, -0.15) is 0 Å². The summed E-state index contributed by atoms with van der Waals surface area (Å²) in [5.74, 6) is 1.52. The van der Waals surface area contributed by atoms with E-state index in [0.29, 0.717) is 12.0 Å². The third-order valence-corrected chi connectivity index (χ3v) is 2.79. The van der Waals surface area contributed by atoms with Crippen molar-refractivity contribution >= 4 is 0 Å². The molecule has 0 spiro atoms. The fourth-order valence-corrected chi connectivity index (χ4v) is 1.70. The number of nitrogens with one attached hydrogen (secondary N) is 1. The van der Waals surface area contributed by atoms with Crippen LogP contribution in [0.15, 0.2) is 24.3 Å². The predicted molar refractivity (Wildman–Crippen MR) is 69.2 cm³/mol. The molecule has 0 saturated heterocycles. The van der Waals surface area contributed by atoms with Gasteiger partial charge in [0, 0.05) is 6.04 Å². The Balaban J connectivity index is 2.48. The average molecular weight is 221 g/mol. The van der Waals surface area contributed by atoms with Crippen molar-refractivity contribution in [2.24, 2.45) is 0 Å². The van der Waals surface area contributed by atoms with Gasteiger partial charge in [0.2, 0.25) is 0 Å². The molecule has 2 nitrogen and oxygen atoms in total. The molecule has 1 rings (SSSR count). The molecular formula is C14H23NO. The highest BCUT2D eigenvalue weighted by Crippen LogP contribution is 2.22. The molecule has 0 saturated carbocycles. The van der Waals surface area contributed by atoms with Gasteiger partial charge in [0.25, 0.3) is 0 Å². The summed E-state index contributed by atoms with van der Waals surface area (Å²) in [5.41, 5.74) is 1.35. The molecule has 1 unspecified atom stereocenters. The summed E-state index contributed by atoms with van der Waals surface area (Å²) >= 11 is 0. The van der Waals surface area contributed by atoms with E-state index in [9.17, 15) is 0 Å². The van der Waals surface area contributed by atoms with Gasteiger partial charge in [0.05, 0.1) is 7.11 Å². The van der Waals surface area contributed by atoms with E-state index < -0.39 is 0 Å². The van der Waals surface area contributed by atoms with Crippen LogP contribution in [-0.4, -0.2) is 19.7 Å². The average Bonchev–Trinajstić information content (AvgIpc) is 2.28. The largest absolute Gasteiger partial charge is 0.497 e. The van der Waals surface area contributed by atoms with Crippen LogP contribution >= 0.6 is 0 Å². The first kappa shape index (κ1) is 13.0. The summed E-state index contributed by atoms with van der Waals surface area (Å²) in [6.07, 6.45) is 1.16. The Morgan fingerprint density at radius 3 is 2.62 bits per heavy atom. The Kier molecular flexibility index (Phi) is 5.33. The first-order chi connectivity index (χ1) is 7.63. The zero-order valence-corrected chi connectivity index (χ0v) is 10.8. The lowest BCUT2D eigenvalue weighted by molar-refractivity contribution is 0.413. The van der Waals surface area contributed by atoms with Crippen molar-refractivity contribution in [3.63, 3.8) is 0 Å². The third-order valence-electron chi connectivity index (χ3n) is 2.79. The Morgan fingerprint density at radius 1 is 1.25 bits per heavy atom. The molecule has 1 aromatic rings. The van der Waals surface area contributed by atoms with E-state index in [4.69, 9.17) is 4.74 Å². The number of hydrogen-bond acceptors (Lipinski definition) is 2. The predicted octanol–water partition coefficient (Wildman–Crippen LogP) is 3.19. The maximum Gasteiger partial charge on any atom is 0.119 e. The minimum atomic E-state index is 0.567. The second-order valence-corrected chi connectivity index (χ2v) is 4.58. The van der Waals surface area contributed by atoms with Crippen LogP contribution in [0.25, 0.3) is 0 Å². The first-order valence-electron chi connectivity index (χ1n) is 6.00. The molecule has 90 valence electrons. The van der Waals surface area contributed by atoms with Gasteiger partial charge in [-0.25, -0.2) is 0 Å². The SMILES string of the molecule is COc1cccc(C(C)CCNC(C)C)c1. The monoisotopic (exact) mass is 221 g/mol. The van der Waals surface area contributed by atoms with E-state index in [1.54, 1.807) is 7.11 Å². The molecule has 0 aliphatic rings. The van der Waals surface area contributed by atoms with Gasteiger partial charge in [0.1, 0.15) is 5.75 Å². The molecule has 0 heterocycles. The van der Waals surface area contributed by atoms with E-state index in [1.807, 2.05) is 6.07 Å². The topological polar surface area (TPSA) is 21.3 Å². The molecule has 0 bridgehead atoms. The molecule has 0 radical (unpaired) electrons. The lowest BCUT2D eigenvalue weighted by Gasteiger charge is -2.14. The summed E-state index contributed by atoms with van der Waals surface area (Å²) in [6, 6.07) is 8.91. The lowest BCUT2D eigenvalue weighted by Crippen LogP contribution is -2.24. The summed E-state index contributed by atoms with van der Waals surface area (Å²) in [7, 11) is 1.71. The van der Waals surface area contributed by atoms with Crippen LogP contribution in [0.1, 0.15) is 38.7 Å². The van der Waals surface area contributed by atoms with Gasteiger partial charge in [-0.3, -0.25) is 0 Å². The van der Waals surface area contributed by atoms with Crippen molar-refractivity contribution in [3.8, 4) is 5.75 Å². The Morgan fingerprint density at radius 2 is 2.00 bits per heavy atom. The summed E-state index contributed by atoms with van der Waals surface area (Å²) < 4.78 is 5.23. The van der Waals surface area contributed by atoms with Crippen molar-refractivity contribution in [1.82, 2.24) is 5.32 Å². The standard InChI is InChI=1S/C14H23NO/c1-11(2)15-9-8-12(3)13-6-5-7-14(10-13)16-4/h5-7,10-12,15H,8-9H2,1-4H3. The second-order valence-electron chi connectivity index (χ2n) is 4.58. The van der Waals surface area contributed by atoms with E-state index in [-0.39, 0.29) is 0 Å². The van der Waals surface area contributed by atoms with E-state index >= 15 is 0 Å². The van der Waals surface area contributed by atoms with Crippen LogP contribution in [0.3, 0.4) is 0 Å². The van der Waals surface area contributed by atoms with E-state index in [0.717, 1.165) is 18.7 Å². The first-order valence-corrected chi connectivity index (χ1v) is 6.00. The van der Waals surface area contributed by atoms with Crippen molar-refractivity contribution in [3.05, 3.63) is 29.8 Å². The maximum atomic E-state index is 5.23. The number of hydrogen-bond donors (Lipinski definition) is 1. The molecule has 1 aromatic carbocycles.